The summed E-state index contributed by atoms with van der Waals surface area (Å²) in [5, 5.41) is 1.72. The number of ether oxygens (including phenoxy) is 1. The summed E-state index contributed by atoms with van der Waals surface area (Å²) in [5.41, 5.74) is 5.26. The molecule has 3 rings (SSSR count). The first-order valence-corrected chi connectivity index (χ1v) is 8.64. The number of rotatable bonds is 4. The molecule has 0 amide bonds. The van der Waals surface area contributed by atoms with Crippen LogP contribution in [0.25, 0.3) is 10.9 Å². The van der Waals surface area contributed by atoms with Crippen LogP contribution in [0, 0.1) is 6.92 Å². The lowest BCUT2D eigenvalue weighted by Crippen LogP contribution is -2.17. The molecular formula is C19H22ClNO2. The summed E-state index contributed by atoms with van der Waals surface area (Å²) < 4.78 is 5.01. The Balaban J connectivity index is 2.26. The van der Waals surface area contributed by atoms with Gasteiger partial charge in [0.1, 0.15) is 0 Å². The largest absolute Gasteiger partial charge is 0.469 e. The Morgan fingerprint density at radius 2 is 2.17 bits per heavy atom. The van der Waals surface area contributed by atoms with E-state index < -0.39 is 0 Å². The van der Waals surface area contributed by atoms with Crippen molar-refractivity contribution in [2.24, 2.45) is 0 Å². The number of hydrogen-bond acceptors (Lipinski definition) is 3. The van der Waals surface area contributed by atoms with Gasteiger partial charge in [0.2, 0.25) is 0 Å². The molecule has 3 nitrogen and oxygen atoms in total. The molecule has 0 saturated carbocycles. The van der Waals surface area contributed by atoms with Gasteiger partial charge in [0.05, 0.1) is 23.6 Å². The Morgan fingerprint density at radius 3 is 2.87 bits per heavy atom. The van der Waals surface area contributed by atoms with E-state index in [-0.39, 0.29) is 11.9 Å². The number of aryl methyl sites for hydroxylation is 3. The number of fused-ring (bicyclic) bond motifs is 3. The molecule has 0 radical (unpaired) electrons. The molecule has 0 fully saturated rings. The zero-order chi connectivity index (χ0) is 16.6. The third-order valence-electron chi connectivity index (χ3n) is 4.81. The number of benzene rings is 1. The van der Waals surface area contributed by atoms with Gasteiger partial charge >= 0.3 is 5.97 Å². The summed E-state index contributed by atoms with van der Waals surface area (Å²) in [5.74, 6) is -0.572. The summed E-state index contributed by atoms with van der Waals surface area (Å²) >= 11 is 6.81. The van der Waals surface area contributed by atoms with E-state index in [0.717, 1.165) is 54.3 Å². The van der Waals surface area contributed by atoms with E-state index in [2.05, 4.69) is 19.1 Å². The molecule has 0 aliphatic heterocycles. The van der Waals surface area contributed by atoms with Crippen LogP contribution < -0.4 is 0 Å². The van der Waals surface area contributed by atoms with Crippen molar-refractivity contribution < 1.29 is 9.53 Å². The zero-order valence-electron chi connectivity index (χ0n) is 13.9. The summed E-state index contributed by atoms with van der Waals surface area (Å²) in [6.45, 7) is 3.99. The number of carbonyl (C=O) groups excluding carboxylic acids is 1. The second kappa shape index (κ2) is 6.48. The van der Waals surface area contributed by atoms with E-state index in [1.54, 1.807) is 0 Å². The maximum Gasteiger partial charge on any atom is 0.313 e. The van der Waals surface area contributed by atoms with E-state index in [0.29, 0.717) is 5.02 Å². The highest BCUT2D eigenvalue weighted by atomic mass is 35.5. The van der Waals surface area contributed by atoms with Crippen molar-refractivity contribution >= 4 is 28.5 Å². The number of pyridine rings is 1. The molecular weight excluding hydrogens is 310 g/mol. The number of carbonyl (C=O) groups is 1. The fraction of sp³-hybridized carbons (Fsp3) is 0.474. The highest BCUT2D eigenvalue weighted by Gasteiger charge is 2.28. The average Bonchev–Trinajstić information content (AvgIpc) is 3.01. The highest BCUT2D eigenvalue weighted by molar-refractivity contribution is 6.36. The Labute approximate surface area is 142 Å². The lowest BCUT2D eigenvalue weighted by Gasteiger charge is -2.20. The molecule has 0 bridgehead atoms. The van der Waals surface area contributed by atoms with Crippen LogP contribution in [-0.4, -0.2) is 18.1 Å². The molecule has 1 heterocycles. The van der Waals surface area contributed by atoms with Crippen LogP contribution in [0.5, 0.6) is 0 Å². The molecule has 4 heteroatoms. The Hall–Kier alpha value is -1.61. The van der Waals surface area contributed by atoms with Crippen LogP contribution in [0.4, 0.5) is 0 Å². The van der Waals surface area contributed by atoms with E-state index in [4.69, 9.17) is 21.3 Å². The third kappa shape index (κ3) is 2.72. The fourth-order valence-electron chi connectivity index (χ4n) is 3.74. The number of methoxy groups -OCH3 is 1. The first-order valence-electron chi connectivity index (χ1n) is 8.26. The third-order valence-corrected chi connectivity index (χ3v) is 5.20. The Morgan fingerprint density at radius 1 is 1.39 bits per heavy atom. The molecule has 1 aromatic carbocycles. The van der Waals surface area contributed by atoms with Gasteiger partial charge in [-0.2, -0.15) is 0 Å². The average molecular weight is 332 g/mol. The van der Waals surface area contributed by atoms with E-state index in [1.165, 1.54) is 18.2 Å². The smallest absolute Gasteiger partial charge is 0.313 e. The van der Waals surface area contributed by atoms with Gasteiger partial charge in [-0.05, 0) is 49.8 Å². The van der Waals surface area contributed by atoms with Crippen LogP contribution in [0.1, 0.15) is 54.5 Å². The van der Waals surface area contributed by atoms with Crippen LogP contribution in [-0.2, 0) is 22.4 Å². The van der Waals surface area contributed by atoms with E-state index in [1.807, 2.05) is 6.92 Å². The van der Waals surface area contributed by atoms with Crippen LogP contribution >= 0.6 is 11.6 Å². The van der Waals surface area contributed by atoms with Crippen molar-refractivity contribution in [1.82, 2.24) is 4.98 Å². The van der Waals surface area contributed by atoms with Gasteiger partial charge in [-0.1, -0.05) is 31.0 Å². The maximum absolute atomic E-state index is 12.3. The number of esters is 1. The first kappa shape index (κ1) is 16.3. The zero-order valence-corrected chi connectivity index (χ0v) is 14.7. The van der Waals surface area contributed by atoms with Crippen LogP contribution in [0.15, 0.2) is 12.1 Å². The van der Waals surface area contributed by atoms with Gasteiger partial charge in [0, 0.05) is 16.6 Å². The van der Waals surface area contributed by atoms with Gasteiger partial charge in [-0.15, -0.1) is 0 Å². The predicted octanol–water partition coefficient (Wildman–Crippen LogP) is 4.74. The summed E-state index contributed by atoms with van der Waals surface area (Å²) in [4.78, 5) is 17.0. The first-order chi connectivity index (χ1) is 11.1. The molecule has 1 aromatic heterocycles. The molecule has 122 valence electrons. The minimum absolute atomic E-state index is 0.231. The fourth-order valence-corrected chi connectivity index (χ4v) is 4.22. The topological polar surface area (TPSA) is 39.2 Å². The molecule has 1 aliphatic rings. The minimum atomic E-state index is -0.341. The molecule has 0 spiro atoms. The molecule has 0 N–H and O–H groups in total. The van der Waals surface area contributed by atoms with Gasteiger partial charge in [0.25, 0.3) is 0 Å². The molecule has 2 aromatic rings. The van der Waals surface area contributed by atoms with Crippen molar-refractivity contribution in [3.8, 4) is 0 Å². The van der Waals surface area contributed by atoms with Crippen molar-refractivity contribution in [2.75, 3.05) is 7.11 Å². The van der Waals surface area contributed by atoms with Crippen molar-refractivity contribution in [3.63, 3.8) is 0 Å². The number of aromatic nitrogens is 1. The Bertz CT molecular complexity index is 770. The summed E-state index contributed by atoms with van der Waals surface area (Å²) in [6, 6.07) is 4.21. The molecule has 1 atom stereocenters. The second-order valence-corrected chi connectivity index (χ2v) is 6.62. The lowest BCUT2D eigenvalue weighted by molar-refractivity contribution is -0.142. The molecule has 1 aliphatic carbocycles. The maximum atomic E-state index is 12.3. The Kier molecular flexibility index (Phi) is 4.58. The van der Waals surface area contributed by atoms with Crippen molar-refractivity contribution in [2.45, 2.75) is 51.9 Å². The van der Waals surface area contributed by atoms with E-state index >= 15 is 0 Å². The van der Waals surface area contributed by atoms with Gasteiger partial charge in [-0.3, -0.25) is 9.78 Å². The lowest BCUT2D eigenvalue weighted by atomic mass is 9.90. The van der Waals surface area contributed by atoms with Gasteiger partial charge < -0.3 is 4.74 Å². The summed E-state index contributed by atoms with van der Waals surface area (Å²) in [7, 11) is 1.43. The SMILES string of the molecule is CCCC(C(=O)OC)c1c(C)nc2ccc3c(c2c1Cl)CCC3. The quantitative estimate of drug-likeness (QED) is 0.759. The molecule has 1 unspecified atom stereocenters. The number of nitrogens with zero attached hydrogens (tertiary/aromatic N) is 1. The minimum Gasteiger partial charge on any atom is -0.469 e. The normalized spacial score (nSPS) is 14.8. The van der Waals surface area contributed by atoms with Crippen molar-refractivity contribution in [3.05, 3.63) is 39.5 Å². The summed E-state index contributed by atoms with van der Waals surface area (Å²) in [6.07, 6.45) is 4.90. The van der Waals surface area contributed by atoms with Crippen LogP contribution in [0.2, 0.25) is 5.02 Å². The molecule has 23 heavy (non-hydrogen) atoms. The molecule has 0 saturated heterocycles. The second-order valence-electron chi connectivity index (χ2n) is 6.24. The predicted molar refractivity (Wildman–Crippen MR) is 93.2 cm³/mol. The number of halogens is 1. The highest BCUT2D eigenvalue weighted by Crippen LogP contribution is 2.40. The van der Waals surface area contributed by atoms with E-state index in [9.17, 15) is 4.79 Å². The van der Waals surface area contributed by atoms with Gasteiger partial charge in [0.15, 0.2) is 0 Å². The monoisotopic (exact) mass is 331 g/mol. The number of hydrogen-bond donors (Lipinski definition) is 0. The van der Waals surface area contributed by atoms with Crippen molar-refractivity contribution in [1.29, 1.82) is 0 Å². The standard InChI is InChI=1S/C19H22ClNO2/c1-4-6-14(19(22)23-3)16-11(2)21-15-10-9-12-7-5-8-13(12)17(15)18(16)20/h9-10,14H,4-8H2,1-3H3. The van der Waals surface area contributed by atoms with Crippen LogP contribution in [0.3, 0.4) is 0 Å². The van der Waals surface area contributed by atoms with Gasteiger partial charge in [-0.25, -0.2) is 0 Å².